The van der Waals surface area contributed by atoms with E-state index in [0.717, 1.165) is 46.9 Å². The summed E-state index contributed by atoms with van der Waals surface area (Å²) < 4.78 is 3.31. The molecule has 0 radical (unpaired) electrons. The number of nitrogens with one attached hydrogen (secondary N) is 1. The number of hydrogen-bond donors (Lipinski definition) is 1. The first kappa shape index (κ1) is 17.8. The molecule has 1 aliphatic carbocycles. The van der Waals surface area contributed by atoms with Crippen molar-refractivity contribution in [3.05, 3.63) is 69.7 Å². The summed E-state index contributed by atoms with van der Waals surface area (Å²) in [6, 6.07) is 11.6. The second-order valence-electron chi connectivity index (χ2n) is 7.06. The Kier molecular flexibility index (Phi) is 4.48. The average Bonchev–Trinajstić information content (AvgIpc) is 3.45. The quantitative estimate of drug-likeness (QED) is 0.553. The summed E-state index contributed by atoms with van der Waals surface area (Å²) in [6.07, 6.45) is 4.60. The van der Waals surface area contributed by atoms with Crippen molar-refractivity contribution in [3.63, 3.8) is 0 Å². The van der Waals surface area contributed by atoms with Crippen LogP contribution in [0.25, 0.3) is 15.9 Å². The lowest BCUT2D eigenvalue weighted by atomic mass is 10.2. The van der Waals surface area contributed by atoms with Crippen LogP contribution in [0.3, 0.4) is 0 Å². The molecule has 0 fully saturated rings. The molecule has 1 aromatic carbocycles. The normalized spacial score (nSPS) is 13.0. The lowest BCUT2D eigenvalue weighted by Crippen LogP contribution is -2.24. The molecule has 1 N–H and O–H groups in total. The molecule has 0 unspecified atom stereocenters. The number of para-hydroxylation sites is 1. The Balaban J connectivity index is 1.37. The van der Waals surface area contributed by atoms with Crippen molar-refractivity contribution in [2.24, 2.45) is 0 Å². The van der Waals surface area contributed by atoms with Crippen LogP contribution in [-0.4, -0.2) is 25.2 Å². The number of thiophene rings is 1. The summed E-state index contributed by atoms with van der Waals surface area (Å²) in [5.41, 5.74) is 2.97. The van der Waals surface area contributed by atoms with Gasteiger partial charge in [0.15, 0.2) is 0 Å². The third-order valence-corrected chi connectivity index (χ3v) is 6.02. The SMILES string of the molecule is O=C(CCn1cnc2sccc2c1=O)Nc1c2c(nn1-c1ccccc1)CCC2. The van der Waals surface area contributed by atoms with Gasteiger partial charge in [0.1, 0.15) is 10.6 Å². The fourth-order valence-corrected chi connectivity index (χ4v) is 4.47. The molecule has 5 rings (SSSR count). The van der Waals surface area contributed by atoms with Gasteiger partial charge in [0.25, 0.3) is 5.56 Å². The molecule has 0 saturated carbocycles. The van der Waals surface area contributed by atoms with Gasteiger partial charge in [0.2, 0.25) is 5.91 Å². The van der Waals surface area contributed by atoms with E-state index in [1.54, 1.807) is 6.07 Å². The molecule has 1 amide bonds. The predicted molar refractivity (Wildman–Crippen MR) is 113 cm³/mol. The van der Waals surface area contributed by atoms with E-state index in [-0.39, 0.29) is 24.4 Å². The highest BCUT2D eigenvalue weighted by Crippen LogP contribution is 2.31. The largest absolute Gasteiger partial charge is 0.310 e. The van der Waals surface area contributed by atoms with Crippen molar-refractivity contribution in [2.75, 3.05) is 5.32 Å². The van der Waals surface area contributed by atoms with E-state index in [1.807, 2.05) is 40.4 Å². The predicted octanol–water partition coefficient (Wildman–Crippen LogP) is 3.16. The minimum Gasteiger partial charge on any atom is -0.310 e. The number of nitrogens with zero attached hydrogens (tertiary/aromatic N) is 4. The summed E-state index contributed by atoms with van der Waals surface area (Å²) in [4.78, 5) is 30.2. The Morgan fingerprint density at radius 3 is 2.90 bits per heavy atom. The molecule has 146 valence electrons. The minimum atomic E-state index is -0.144. The van der Waals surface area contributed by atoms with Crippen molar-refractivity contribution >= 4 is 33.3 Å². The summed E-state index contributed by atoms with van der Waals surface area (Å²) >= 11 is 1.43. The molecule has 0 bridgehead atoms. The topological polar surface area (TPSA) is 81.8 Å². The number of carbonyl (C=O) groups is 1. The average molecular weight is 405 g/mol. The van der Waals surface area contributed by atoms with Crippen LogP contribution in [0.15, 0.2) is 52.9 Å². The highest BCUT2D eigenvalue weighted by molar-refractivity contribution is 7.16. The van der Waals surface area contributed by atoms with Crippen LogP contribution >= 0.6 is 11.3 Å². The molecule has 0 atom stereocenters. The minimum absolute atomic E-state index is 0.112. The van der Waals surface area contributed by atoms with Crippen molar-refractivity contribution < 1.29 is 4.79 Å². The summed E-state index contributed by atoms with van der Waals surface area (Å²) in [5, 5.41) is 10.2. The summed E-state index contributed by atoms with van der Waals surface area (Å²) in [7, 11) is 0. The maximum atomic E-state index is 12.7. The van der Waals surface area contributed by atoms with Gasteiger partial charge in [0.05, 0.1) is 23.1 Å². The number of aryl methyl sites for hydroxylation is 2. The Bertz CT molecular complexity index is 1260. The van der Waals surface area contributed by atoms with Crippen molar-refractivity contribution in [1.82, 2.24) is 19.3 Å². The molecule has 4 aromatic rings. The number of carbonyl (C=O) groups excluding carboxylic acids is 1. The maximum Gasteiger partial charge on any atom is 0.262 e. The van der Waals surface area contributed by atoms with E-state index < -0.39 is 0 Å². The van der Waals surface area contributed by atoms with Crippen molar-refractivity contribution in [1.29, 1.82) is 0 Å². The molecule has 3 aromatic heterocycles. The highest BCUT2D eigenvalue weighted by Gasteiger charge is 2.24. The first-order valence-corrected chi connectivity index (χ1v) is 10.5. The fraction of sp³-hybridized carbons (Fsp3) is 0.238. The summed E-state index contributed by atoms with van der Waals surface area (Å²) in [6.45, 7) is 0.283. The first-order valence-electron chi connectivity index (χ1n) is 9.59. The van der Waals surface area contributed by atoms with Crippen LogP contribution in [0.5, 0.6) is 0 Å². The second kappa shape index (κ2) is 7.29. The smallest absolute Gasteiger partial charge is 0.262 e. The molecule has 1 aliphatic rings. The number of rotatable bonds is 5. The maximum absolute atomic E-state index is 12.7. The molecule has 7 nitrogen and oxygen atoms in total. The molecule has 8 heteroatoms. The van der Waals surface area contributed by atoms with Gasteiger partial charge < -0.3 is 5.32 Å². The van der Waals surface area contributed by atoms with Crippen LogP contribution in [-0.2, 0) is 24.2 Å². The molecule has 0 spiro atoms. The molecular weight excluding hydrogens is 386 g/mol. The van der Waals surface area contributed by atoms with Crippen molar-refractivity contribution in [2.45, 2.75) is 32.2 Å². The Hall–Kier alpha value is -3.26. The number of anilines is 1. The summed E-state index contributed by atoms with van der Waals surface area (Å²) in [5.74, 6) is 0.599. The van der Waals surface area contributed by atoms with Crippen LogP contribution < -0.4 is 10.9 Å². The third kappa shape index (κ3) is 3.25. The first-order chi connectivity index (χ1) is 14.2. The number of amides is 1. The Morgan fingerprint density at radius 1 is 1.17 bits per heavy atom. The van der Waals surface area contributed by atoms with Crippen LogP contribution in [0.1, 0.15) is 24.1 Å². The number of hydrogen-bond acceptors (Lipinski definition) is 5. The zero-order valence-corrected chi connectivity index (χ0v) is 16.5. The van der Waals surface area contributed by atoms with E-state index in [2.05, 4.69) is 10.3 Å². The molecule has 3 heterocycles. The van der Waals surface area contributed by atoms with Crippen molar-refractivity contribution in [3.8, 4) is 5.69 Å². The van der Waals surface area contributed by atoms with E-state index in [9.17, 15) is 9.59 Å². The van der Waals surface area contributed by atoms with E-state index >= 15 is 0 Å². The molecular formula is C21H19N5O2S. The number of aromatic nitrogens is 4. The Morgan fingerprint density at radius 2 is 2.03 bits per heavy atom. The number of benzene rings is 1. The van der Waals surface area contributed by atoms with Gasteiger partial charge in [-0.25, -0.2) is 9.67 Å². The molecule has 29 heavy (non-hydrogen) atoms. The number of fused-ring (bicyclic) bond motifs is 2. The third-order valence-electron chi connectivity index (χ3n) is 5.20. The van der Waals surface area contributed by atoms with Crippen LogP contribution in [0.2, 0.25) is 0 Å². The lowest BCUT2D eigenvalue weighted by molar-refractivity contribution is -0.116. The van der Waals surface area contributed by atoms with Crippen LogP contribution in [0.4, 0.5) is 5.82 Å². The van der Waals surface area contributed by atoms with Gasteiger partial charge in [-0.2, -0.15) is 5.10 Å². The van der Waals surface area contributed by atoms with Crippen LogP contribution in [0, 0.1) is 0 Å². The second-order valence-corrected chi connectivity index (χ2v) is 7.95. The van der Waals surface area contributed by atoms with Gasteiger partial charge in [0, 0.05) is 18.5 Å². The van der Waals surface area contributed by atoms with Gasteiger partial charge in [-0.05, 0) is 42.8 Å². The van der Waals surface area contributed by atoms with Gasteiger partial charge in [-0.3, -0.25) is 14.2 Å². The van der Waals surface area contributed by atoms with E-state index in [4.69, 9.17) is 5.10 Å². The van der Waals surface area contributed by atoms with Gasteiger partial charge in [-0.15, -0.1) is 11.3 Å². The lowest BCUT2D eigenvalue weighted by Gasteiger charge is -2.11. The zero-order chi connectivity index (χ0) is 19.8. The van der Waals surface area contributed by atoms with E-state index in [0.29, 0.717) is 5.39 Å². The fourth-order valence-electron chi connectivity index (χ4n) is 3.75. The Labute approximate surface area is 170 Å². The van der Waals surface area contributed by atoms with Gasteiger partial charge in [-0.1, -0.05) is 18.2 Å². The molecule has 0 aliphatic heterocycles. The zero-order valence-electron chi connectivity index (χ0n) is 15.7. The molecule has 0 saturated heterocycles. The standard InChI is InChI=1S/C21H19N5O2S/c27-18(9-11-25-13-22-20-16(21(25)28)10-12-29-20)23-19-15-7-4-8-17(15)24-26(19)14-5-2-1-3-6-14/h1-3,5-6,10,12-13H,4,7-9,11H2,(H,23,27). The highest BCUT2D eigenvalue weighted by atomic mass is 32.1. The monoisotopic (exact) mass is 405 g/mol. The van der Waals surface area contributed by atoms with E-state index in [1.165, 1.54) is 22.2 Å². The van der Waals surface area contributed by atoms with Gasteiger partial charge >= 0.3 is 0 Å².